The molecule has 23 heavy (non-hydrogen) atoms. The van der Waals surface area contributed by atoms with Gasteiger partial charge in [-0.25, -0.2) is 0 Å². The van der Waals surface area contributed by atoms with Crippen molar-refractivity contribution in [3.63, 3.8) is 0 Å². The van der Waals surface area contributed by atoms with Gasteiger partial charge in [-0.3, -0.25) is 9.59 Å². The number of cyclic esters (lactones) is 2. The number of esters is 2. The molecule has 132 valence electrons. The molecular weight excluding hydrogens is 288 g/mol. The number of ether oxygens (including phenoxy) is 1. The second kappa shape index (κ2) is 12.3. The fraction of sp³-hybridized carbons (Fsp3) is 0.800. The van der Waals surface area contributed by atoms with Gasteiger partial charge < -0.3 is 4.74 Å². The van der Waals surface area contributed by atoms with Gasteiger partial charge in [0.1, 0.15) is 0 Å². The molecule has 0 spiro atoms. The molecule has 0 aromatic rings. The molecule has 0 amide bonds. The third-order valence-corrected chi connectivity index (χ3v) is 4.45. The SMILES string of the molecule is CC(C)CCCC=CCCCCCCCCC1CC(=O)OC1=O. The highest BCUT2D eigenvalue weighted by atomic mass is 16.6. The fourth-order valence-electron chi connectivity index (χ4n) is 2.98. The van der Waals surface area contributed by atoms with Crippen LogP contribution in [0.1, 0.15) is 90.9 Å². The molecule has 0 N–H and O–H groups in total. The van der Waals surface area contributed by atoms with E-state index in [2.05, 4.69) is 30.7 Å². The third kappa shape index (κ3) is 10.3. The number of rotatable bonds is 13. The smallest absolute Gasteiger partial charge is 0.317 e. The Morgan fingerprint density at radius 3 is 2.17 bits per heavy atom. The van der Waals surface area contributed by atoms with E-state index in [9.17, 15) is 9.59 Å². The minimum absolute atomic E-state index is 0.164. The van der Waals surface area contributed by atoms with Crippen LogP contribution in [0.2, 0.25) is 0 Å². The Morgan fingerprint density at radius 2 is 1.57 bits per heavy atom. The average Bonchev–Trinajstić information content (AvgIpc) is 2.81. The van der Waals surface area contributed by atoms with Gasteiger partial charge >= 0.3 is 11.9 Å². The first-order valence-corrected chi connectivity index (χ1v) is 9.49. The Kier molecular flexibility index (Phi) is 10.7. The van der Waals surface area contributed by atoms with E-state index in [1.165, 1.54) is 51.4 Å². The molecule has 1 aliphatic heterocycles. The van der Waals surface area contributed by atoms with Crippen LogP contribution in [-0.2, 0) is 14.3 Å². The maximum Gasteiger partial charge on any atom is 0.317 e. The van der Waals surface area contributed by atoms with Gasteiger partial charge in [0.15, 0.2) is 0 Å². The lowest BCUT2D eigenvalue weighted by molar-refractivity contribution is -0.153. The monoisotopic (exact) mass is 322 g/mol. The van der Waals surface area contributed by atoms with E-state index in [-0.39, 0.29) is 17.9 Å². The molecule has 0 aromatic heterocycles. The lowest BCUT2D eigenvalue weighted by Gasteiger charge is -2.04. The molecule has 1 saturated heterocycles. The summed E-state index contributed by atoms with van der Waals surface area (Å²) in [5.74, 6) is -0.000946. The molecule has 0 bridgehead atoms. The zero-order valence-electron chi connectivity index (χ0n) is 15.0. The lowest BCUT2D eigenvalue weighted by atomic mass is 9.99. The van der Waals surface area contributed by atoms with Gasteiger partial charge in [0.2, 0.25) is 0 Å². The molecule has 0 saturated carbocycles. The van der Waals surface area contributed by atoms with Gasteiger partial charge in [-0.05, 0) is 38.0 Å². The van der Waals surface area contributed by atoms with Crippen molar-refractivity contribution < 1.29 is 14.3 Å². The molecule has 1 unspecified atom stereocenters. The normalized spacial score (nSPS) is 18.3. The van der Waals surface area contributed by atoms with E-state index in [4.69, 9.17) is 0 Å². The van der Waals surface area contributed by atoms with E-state index in [0.717, 1.165) is 25.2 Å². The summed E-state index contributed by atoms with van der Waals surface area (Å²) in [4.78, 5) is 22.3. The molecule has 1 rings (SSSR count). The Balaban J connectivity index is 1.82. The van der Waals surface area contributed by atoms with Crippen molar-refractivity contribution >= 4 is 11.9 Å². The fourth-order valence-corrected chi connectivity index (χ4v) is 2.98. The molecule has 0 aromatic carbocycles. The number of hydrogen-bond donors (Lipinski definition) is 0. The Hall–Kier alpha value is -1.12. The summed E-state index contributed by atoms with van der Waals surface area (Å²) >= 11 is 0. The minimum Gasteiger partial charge on any atom is -0.393 e. The van der Waals surface area contributed by atoms with Gasteiger partial charge in [0.05, 0.1) is 12.3 Å². The van der Waals surface area contributed by atoms with Gasteiger partial charge in [0, 0.05) is 0 Å². The minimum atomic E-state index is -0.350. The van der Waals surface area contributed by atoms with Gasteiger partial charge in [-0.1, -0.05) is 64.5 Å². The molecule has 1 heterocycles. The molecule has 3 heteroatoms. The summed E-state index contributed by atoms with van der Waals surface area (Å²) in [6, 6.07) is 0. The lowest BCUT2D eigenvalue weighted by Crippen LogP contribution is -2.06. The first-order valence-electron chi connectivity index (χ1n) is 9.49. The zero-order valence-corrected chi connectivity index (χ0v) is 15.0. The third-order valence-electron chi connectivity index (χ3n) is 4.45. The largest absolute Gasteiger partial charge is 0.393 e. The van der Waals surface area contributed by atoms with Crippen LogP contribution in [0, 0.1) is 11.8 Å². The molecule has 1 aliphatic rings. The van der Waals surface area contributed by atoms with Crippen LogP contribution >= 0.6 is 0 Å². The highest BCUT2D eigenvalue weighted by Gasteiger charge is 2.32. The van der Waals surface area contributed by atoms with Crippen LogP contribution in [0.15, 0.2) is 12.2 Å². The predicted molar refractivity (Wildman–Crippen MR) is 94.0 cm³/mol. The number of unbranched alkanes of at least 4 members (excludes halogenated alkanes) is 7. The van der Waals surface area contributed by atoms with Gasteiger partial charge in [-0.15, -0.1) is 0 Å². The van der Waals surface area contributed by atoms with Crippen LogP contribution in [-0.4, -0.2) is 11.9 Å². The van der Waals surface area contributed by atoms with Crippen molar-refractivity contribution in [1.82, 2.24) is 0 Å². The van der Waals surface area contributed by atoms with E-state index >= 15 is 0 Å². The number of allylic oxidation sites excluding steroid dienone is 2. The Morgan fingerprint density at radius 1 is 0.957 bits per heavy atom. The Labute approximate surface area is 141 Å². The van der Waals surface area contributed by atoms with Crippen molar-refractivity contribution in [2.45, 2.75) is 90.9 Å². The topological polar surface area (TPSA) is 43.4 Å². The molecule has 3 nitrogen and oxygen atoms in total. The highest BCUT2D eigenvalue weighted by molar-refractivity contribution is 5.94. The van der Waals surface area contributed by atoms with E-state index < -0.39 is 0 Å². The number of carbonyl (C=O) groups is 2. The first kappa shape index (κ1) is 19.9. The molecule has 0 radical (unpaired) electrons. The number of carbonyl (C=O) groups excluding carboxylic acids is 2. The molecule has 1 atom stereocenters. The molecule has 0 aliphatic carbocycles. The summed E-state index contributed by atoms with van der Waals surface area (Å²) in [6.45, 7) is 4.56. The highest BCUT2D eigenvalue weighted by Crippen LogP contribution is 2.22. The van der Waals surface area contributed by atoms with Crippen LogP contribution in [0.5, 0.6) is 0 Å². The van der Waals surface area contributed by atoms with Crippen LogP contribution < -0.4 is 0 Å². The van der Waals surface area contributed by atoms with E-state index in [1.807, 2.05) is 0 Å². The first-order chi connectivity index (χ1) is 11.1. The maximum absolute atomic E-state index is 11.3. The molecular formula is C20H34O3. The van der Waals surface area contributed by atoms with Crippen molar-refractivity contribution in [3.8, 4) is 0 Å². The second-order valence-corrected chi connectivity index (χ2v) is 7.19. The summed E-state index contributed by atoms with van der Waals surface area (Å²) in [5.41, 5.74) is 0. The predicted octanol–water partition coefficient (Wildman–Crippen LogP) is 5.58. The van der Waals surface area contributed by atoms with Crippen molar-refractivity contribution in [2.75, 3.05) is 0 Å². The second-order valence-electron chi connectivity index (χ2n) is 7.19. The van der Waals surface area contributed by atoms with Crippen molar-refractivity contribution in [2.24, 2.45) is 11.8 Å². The maximum atomic E-state index is 11.3. The standard InChI is InChI=1S/C20H34O3/c1-17(2)14-12-10-8-6-4-3-5-7-9-11-13-15-18-16-19(21)23-20(18)22/h6,8,17-18H,3-5,7,9-16H2,1-2H3. The zero-order chi connectivity index (χ0) is 16.9. The van der Waals surface area contributed by atoms with Gasteiger partial charge in [-0.2, -0.15) is 0 Å². The Bertz CT molecular complexity index is 371. The summed E-state index contributed by atoms with van der Waals surface area (Å²) in [7, 11) is 0. The summed E-state index contributed by atoms with van der Waals surface area (Å²) < 4.78 is 4.56. The van der Waals surface area contributed by atoms with Crippen molar-refractivity contribution in [1.29, 1.82) is 0 Å². The van der Waals surface area contributed by atoms with E-state index in [1.54, 1.807) is 0 Å². The molecule has 1 fully saturated rings. The summed E-state index contributed by atoms with van der Waals surface area (Å²) in [5, 5.41) is 0. The van der Waals surface area contributed by atoms with Crippen molar-refractivity contribution in [3.05, 3.63) is 12.2 Å². The van der Waals surface area contributed by atoms with Crippen LogP contribution in [0.25, 0.3) is 0 Å². The van der Waals surface area contributed by atoms with Crippen LogP contribution in [0.4, 0.5) is 0 Å². The van der Waals surface area contributed by atoms with E-state index in [0.29, 0.717) is 6.42 Å². The summed E-state index contributed by atoms with van der Waals surface area (Å²) in [6.07, 6.45) is 18.1. The quantitative estimate of drug-likeness (QED) is 0.192. The average molecular weight is 322 g/mol. The van der Waals surface area contributed by atoms with Crippen LogP contribution in [0.3, 0.4) is 0 Å². The van der Waals surface area contributed by atoms with Gasteiger partial charge in [0.25, 0.3) is 0 Å². The number of hydrogen-bond acceptors (Lipinski definition) is 3.